The second-order valence-electron chi connectivity index (χ2n) is 5.66. The van der Waals surface area contributed by atoms with Gasteiger partial charge in [-0.3, -0.25) is 0 Å². The standard InChI is InChI=1S/C22H20F2N2/c1-4-15-10-16(6-7-17-8-9-19(23)13-21(17)24)12-18(11-15)20(5-2)22(14-25)26-3/h4,6-13,26H,1,5H2,2-3H3/b7-6+,22-20+. The molecule has 0 amide bonds. The fraction of sp³-hybridized carbons (Fsp3) is 0.136. The van der Waals surface area contributed by atoms with Crippen molar-refractivity contribution in [1.82, 2.24) is 5.32 Å². The monoisotopic (exact) mass is 350 g/mol. The van der Waals surface area contributed by atoms with Gasteiger partial charge in [0, 0.05) is 18.7 Å². The molecule has 0 saturated heterocycles. The Labute approximate surface area is 152 Å². The predicted octanol–water partition coefficient (Wildman–Crippen LogP) is 5.64. The first-order valence-electron chi connectivity index (χ1n) is 8.24. The Hall–Kier alpha value is -3.19. The molecule has 0 bridgehead atoms. The summed E-state index contributed by atoms with van der Waals surface area (Å²) in [4.78, 5) is 0. The summed E-state index contributed by atoms with van der Waals surface area (Å²) in [6, 6.07) is 11.4. The van der Waals surface area contributed by atoms with Gasteiger partial charge in [0.15, 0.2) is 0 Å². The van der Waals surface area contributed by atoms with E-state index >= 15 is 0 Å². The summed E-state index contributed by atoms with van der Waals surface area (Å²) >= 11 is 0. The summed E-state index contributed by atoms with van der Waals surface area (Å²) in [5, 5.41) is 12.2. The average molecular weight is 350 g/mol. The van der Waals surface area contributed by atoms with Crippen molar-refractivity contribution in [2.75, 3.05) is 7.05 Å². The summed E-state index contributed by atoms with van der Waals surface area (Å²) in [5.74, 6) is -1.22. The van der Waals surface area contributed by atoms with Crippen molar-refractivity contribution in [2.24, 2.45) is 0 Å². The SMILES string of the molecule is C=Cc1cc(/C=C/c2ccc(F)cc2F)cc(/C(CC)=C(\C#N)NC)c1. The molecule has 0 aliphatic heterocycles. The molecule has 26 heavy (non-hydrogen) atoms. The molecule has 0 aliphatic rings. The largest absolute Gasteiger partial charge is 0.379 e. The molecule has 0 heterocycles. The Morgan fingerprint density at radius 1 is 1.15 bits per heavy atom. The molecule has 0 saturated carbocycles. The molecule has 2 aromatic carbocycles. The molecule has 2 rings (SSSR count). The van der Waals surface area contributed by atoms with Gasteiger partial charge in [-0.2, -0.15) is 5.26 Å². The van der Waals surface area contributed by atoms with Crippen LogP contribution in [0.15, 0.2) is 48.7 Å². The fourth-order valence-corrected chi connectivity index (χ4v) is 2.69. The minimum Gasteiger partial charge on any atom is -0.379 e. The Morgan fingerprint density at radius 3 is 2.46 bits per heavy atom. The minimum atomic E-state index is -0.613. The molecule has 1 N–H and O–H groups in total. The lowest BCUT2D eigenvalue weighted by atomic mass is 9.96. The summed E-state index contributed by atoms with van der Waals surface area (Å²) in [5.41, 5.74) is 4.32. The highest BCUT2D eigenvalue weighted by Gasteiger charge is 2.08. The first kappa shape index (κ1) is 19.1. The highest BCUT2D eigenvalue weighted by Crippen LogP contribution is 2.25. The van der Waals surface area contributed by atoms with Crippen LogP contribution < -0.4 is 5.32 Å². The molecule has 0 aromatic heterocycles. The van der Waals surface area contributed by atoms with E-state index in [4.69, 9.17) is 0 Å². The number of benzene rings is 2. The Balaban J connectivity index is 2.50. The fourth-order valence-electron chi connectivity index (χ4n) is 2.69. The molecule has 0 radical (unpaired) electrons. The zero-order valence-electron chi connectivity index (χ0n) is 14.8. The summed E-state index contributed by atoms with van der Waals surface area (Å²) in [6.07, 6.45) is 5.75. The topological polar surface area (TPSA) is 35.8 Å². The molecule has 0 spiro atoms. The summed E-state index contributed by atoms with van der Waals surface area (Å²) in [7, 11) is 1.71. The molecule has 0 atom stereocenters. The Kier molecular flexibility index (Phi) is 6.46. The van der Waals surface area contributed by atoms with Crippen LogP contribution in [0.3, 0.4) is 0 Å². The molecule has 2 aromatic rings. The smallest absolute Gasteiger partial charge is 0.133 e. The zero-order valence-corrected chi connectivity index (χ0v) is 14.8. The van der Waals surface area contributed by atoms with Gasteiger partial charge in [0.05, 0.1) is 0 Å². The van der Waals surface area contributed by atoms with Gasteiger partial charge < -0.3 is 5.32 Å². The number of hydrogen-bond donors (Lipinski definition) is 1. The highest BCUT2D eigenvalue weighted by molar-refractivity contribution is 5.78. The average Bonchev–Trinajstić information content (AvgIpc) is 2.64. The van der Waals surface area contributed by atoms with E-state index in [1.807, 2.05) is 25.1 Å². The third-order valence-corrected chi connectivity index (χ3v) is 4.00. The van der Waals surface area contributed by atoms with Crippen LogP contribution in [0.2, 0.25) is 0 Å². The van der Waals surface area contributed by atoms with Gasteiger partial charge in [0.1, 0.15) is 23.4 Å². The van der Waals surface area contributed by atoms with Gasteiger partial charge in [-0.1, -0.05) is 31.7 Å². The molecular weight excluding hydrogens is 330 g/mol. The minimum absolute atomic E-state index is 0.302. The highest BCUT2D eigenvalue weighted by atomic mass is 19.1. The van der Waals surface area contributed by atoms with Crippen LogP contribution in [0.1, 0.15) is 35.6 Å². The number of rotatable bonds is 6. The molecule has 0 aliphatic carbocycles. The lowest BCUT2D eigenvalue weighted by Crippen LogP contribution is -2.07. The van der Waals surface area contributed by atoms with Crippen LogP contribution in [0.5, 0.6) is 0 Å². The van der Waals surface area contributed by atoms with Crippen LogP contribution in [0.4, 0.5) is 8.78 Å². The predicted molar refractivity (Wildman–Crippen MR) is 104 cm³/mol. The number of nitrogens with zero attached hydrogens (tertiary/aromatic N) is 1. The lowest BCUT2D eigenvalue weighted by molar-refractivity contribution is 0.581. The third kappa shape index (κ3) is 4.46. The second kappa shape index (κ2) is 8.77. The van der Waals surface area contributed by atoms with Crippen molar-refractivity contribution >= 4 is 23.8 Å². The van der Waals surface area contributed by atoms with Gasteiger partial charge in [-0.05, 0) is 59.0 Å². The number of allylic oxidation sites excluding steroid dienone is 2. The van der Waals surface area contributed by atoms with Crippen LogP contribution in [-0.2, 0) is 0 Å². The number of nitrogens with one attached hydrogen (secondary N) is 1. The second-order valence-corrected chi connectivity index (χ2v) is 5.66. The number of halogens is 2. The van der Waals surface area contributed by atoms with Gasteiger partial charge in [-0.15, -0.1) is 0 Å². The van der Waals surface area contributed by atoms with E-state index in [0.717, 1.165) is 28.3 Å². The molecule has 0 fully saturated rings. The molecule has 4 heteroatoms. The maximum absolute atomic E-state index is 13.8. The van der Waals surface area contributed by atoms with Crippen LogP contribution in [-0.4, -0.2) is 7.05 Å². The van der Waals surface area contributed by atoms with E-state index in [-0.39, 0.29) is 0 Å². The summed E-state index contributed by atoms with van der Waals surface area (Å²) in [6.45, 7) is 5.78. The van der Waals surface area contributed by atoms with Gasteiger partial charge >= 0.3 is 0 Å². The van der Waals surface area contributed by atoms with E-state index in [1.54, 1.807) is 25.3 Å². The van der Waals surface area contributed by atoms with Crippen molar-refractivity contribution < 1.29 is 8.78 Å². The van der Waals surface area contributed by atoms with E-state index in [9.17, 15) is 14.0 Å². The Morgan fingerprint density at radius 2 is 1.88 bits per heavy atom. The normalized spacial score (nSPS) is 11.8. The van der Waals surface area contributed by atoms with Gasteiger partial charge in [-0.25, -0.2) is 8.78 Å². The van der Waals surface area contributed by atoms with E-state index in [2.05, 4.69) is 18.0 Å². The molecule has 132 valence electrons. The third-order valence-electron chi connectivity index (χ3n) is 4.00. The van der Waals surface area contributed by atoms with Crippen molar-refractivity contribution in [3.8, 4) is 6.07 Å². The first-order chi connectivity index (χ1) is 12.5. The lowest BCUT2D eigenvalue weighted by Gasteiger charge is -2.11. The maximum Gasteiger partial charge on any atom is 0.133 e. The van der Waals surface area contributed by atoms with Crippen molar-refractivity contribution in [3.63, 3.8) is 0 Å². The quantitative estimate of drug-likeness (QED) is 0.540. The van der Waals surface area contributed by atoms with Crippen LogP contribution in [0, 0.1) is 23.0 Å². The van der Waals surface area contributed by atoms with Crippen molar-refractivity contribution in [2.45, 2.75) is 13.3 Å². The Bertz CT molecular complexity index is 918. The van der Waals surface area contributed by atoms with E-state index in [1.165, 1.54) is 12.1 Å². The zero-order chi connectivity index (χ0) is 19.1. The van der Waals surface area contributed by atoms with E-state index < -0.39 is 11.6 Å². The van der Waals surface area contributed by atoms with Gasteiger partial charge in [0.2, 0.25) is 0 Å². The van der Waals surface area contributed by atoms with Gasteiger partial charge in [0.25, 0.3) is 0 Å². The maximum atomic E-state index is 13.8. The molecule has 0 unspecified atom stereocenters. The summed E-state index contributed by atoms with van der Waals surface area (Å²) < 4.78 is 26.8. The number of hydrogen-bond acceptors (Lipinski definition) is 2. The van der Waals surface area contributed by atoms with Crippen LogP contribution in [0.25, 0.3) is 23.8 Å². The molecule has 2 nitrogen and oxygen atoms in total. The molecular formula is C22H20F2N2. The van der Waals surface area contributed by atoms with Crippen LogP contribution >= 0.6 is 0 Å². The van der Waals surface area contributed by atoms with Crippen molar-refractivity contribution in [1.29, 1.82) is 5.26 Å². The first-order valence-corrected chi connectivity index (χ1v) is 8.24. The van der Waals surface area contributed by atoms with Crippen molar-refractivity contribution in [3.05, 3.63) is 82.6 Å². The van der Waals surface area contributed by atoms with E-state index in [0.29, 0.717) is 17.7 Å². The number of nitriles is 1.